The maximum atomic E-state index is 13.9. The van der Waals surface area contributed by atoms with Gasteiger partial charge in [0.2, 0.25) is 5.91 Å². The molecule has 214 valence electrons. The lowest BCUT2D eigenvalue weighted by molar-refractivity contribution is -0.126. The van der Waals surface area contributed by atoms with Crippen LogP contribution in [0.25, 0.3) is 33.7 Å². The van der Waals surface area contributed by atoms with E-state index in [2.05, 4.69) is 33.2 Å². The minimum Gasteiger partial charge on any atom is -0.402 e. The highest BCUT2D eigenvalue weighted by Crippen LogP contribution is 2.35. The van der Waals surface area contributed by atoms with Crippen LogP contribution >= 0.6 is 11.3 Å². The van der Waals surface area contributed by atoms with Crippen molar-refractivity contribution in [1.82, 2.24) is 30.5 Å². The molecule has 4 heterocycles. The largest absolute Gasteiger partial charge is 0.402 e. The summed E-state index contributed by atoms with van der Waals surface area (Å²) in [6.07, 6.45) is 11.9. The van der Waals surface area contributed by atoms with Gasteiger partial charge < -0.3 is 16.0 Å². The van der Waals surface area contributed by atoms with E-state index in [-0.39, 0.29) is 17.0 Å². The number of thiophene rings is 1. The van der Waals surface area contributed by atoms with Crippen LogP contribution in [0.3, 0.4) is 0 Å². The molecule has 2 aliphatic rings. The lowest BCUT2D eigenvalue weighted by atomic mass is 9.85. The number of pyridine rings is 1. The van der Waals surface area contributed by atoms with Gasteiger partial charge in [-0.25, -0.2) is 9.97 Å². The maximum Gasteiger partial charge on any atom is 0.227 e. The number of carbonyl (C=O) groups excluding carboxylic acids is 1. The Labute approximate surface area is 247 Å². The van der Waals surface area contributed by atoms with Gasteiger partial charge in [-0.05, 0) is 81.2 Å². The second-order valence-corrected chi connectivity index (χ2v) is 12.0. The molecule has 8 nitrogen and oxygen atoms in total. The van der Waals surface area contributed by atoms with E-state index >= 15 is 0 Å². The number of H-pyrrole nitrogens is 2. The number of halogens is 1. The molecule has 10 heteroatoms. The topological polar surface area (TPSA) is 125 Å². The second kappa shape index (κ2) is 11.4. The van der Waals surface area contributed by atoms with E-state index in [4.69, 9.17) is 15.7 Å². The average molecular weight is 582 g/mol. The summed E-state index contributed by atoms with van der Waals surface area (Å²) in [4.78, 5) is 26.6. The number of carbonyl (C=O) groups is 1. The standard InChI is InChI=1S/C32H32FN7OS/c1-17(2)7-8-20(15-18(3)35-32(41)19-5-4-6-19)23-11-12-24-29(36-23)30(40-39-24)31-37-25-16-21(34)9-10-22(28(25)38-31)26-13-14-27(33)42-26/h8-15,19H,1,4-7,16,34H2,2-3H3,(H,35,41)(H,37,38)(H,39,40)/b18-15+,20-8+. The minimum atomic E-state index is -0.262. The Balaban J connectivity index is 1.38. The maximum absolute atomic E-state index is 13.9. The number of aromatic amines is 2. The van der Waals surface area contributed by atoms with Gasteiger partial charge in [0.15, 0.2) is 16.6 Å². The van der Waals surface area contributed by atoms with Crippen molar-refractivity contribution in [3.05, 3.63) is 99.2 Å². The highest BCUT2D eigenvalue weighted by Gasteiger charge is 2.25. The first-order valence-electron chi connectivity index (χ1n) is 14.0. The van der Waals surface area contributed by atoms with Crippen molar-refractivity contribution in [3.63, 3.8) is 0 Å². The van der Waals surface area contributed by atoms with Crippen LogP contribution < -0.4 is 11.1 Å². The van der Waals surface area contributed by atoms with Gasteiger partial charge in [-0.1, -0.05) is 24.6 Å². The number of nitrogens with two attached hydrogens (primary N) is 1. The van der Waals surface area contributed by atoms with Crippen LogP contribution in [0.1, 0.15) is 61.5 Å². The first-order chi connectivity index (χ1) is 20.2. The first kappa shape index (κ1) is 27.6. The number of allylic oxidation sites excluding steroid dienone is 8. The third-order valence-corrected chi connectivity index (χ3v) is 8.39. The molecule has 1 fully saturated rings. The molecule has 2 aliphatic carbocycles. The number of hydrogen-bond donors (Lipinski definition) is 4. The zero-order valence-electron chi connectivity index (χ0n) is 23.6. The Morgan fingerprint density at radius 3 is 2.74 bits per heavy atom. The quantitative estimate of drug-likeness (QED) is 0.139. The van der Waals surface area contributed by atoms with Crippen LogP contribution in [0, 0.1) is 11.0 Å². The average Bonchev–Trinajstić information content (AvgIpc) is 3.62. The van der Waals surface area contributed by atoms with Crippen LogP contribution in [-0.4, -0.2) is 31.1 Å². The molecule has 1 amide bonds. The van der Waals surface area contributed by atoms with Gasteiger partial charge >= 0.3 is 0 Å². The summed E-state index contributed by atoms with van der Waals surface area (Å²) < 4.78 is 13.9. The summed E-state index contributed by atoms with van der Waals surface area (Å²) in [5, 5.41) is 10.4. The molecule has 0 radical (unpaired) electrons. The van der Waals surface area contributed by atoms with Crippen LogP contribution in [0.15, 0.2) is 72.1 Å². The summed E-state index contributed by atoms with van der Waals surface area (Å²) in [6.45, 7) is 7.91. The fourth-order valence-corrected chi connectivity index (χ4v) is 5.80. The van der Waals surface area contributed by atoms with Crippen LogP contribution in [-0.2, 0) is 11.2 Å². The predicted octanol–water partition coefficient (Wildman–Crippen LogP) is 6.55. The Morgan fingerprint density at radius 1 is 1.19 bits per heavy atom. The van der Waals surface area contributed by atoms with Crippen molar-refractivity contribution in [2.24, 2.45) is 11.7 Å². The van der Waals surface area contributed by atoms with Crippen molar-refractivity contribution < 1.29 is 9.18 Å². The van der Waals surface area contributed by atoms with Crippen molar-refractivity contribution >= 4 is 39.4 Å². The molecule has 0 spiro atoms. The molecular weight excluding hydrogens is 549 g/mol. The zero-order valence-corrected chi connectivity index (χ0v) is 24.4. The normalized spacial score (nSPS) is 16.0. The summed E-state index contributed by atoms with van der Waals surface area (Å²) in [7, 11) is 0. The molecule has 6 rings (SSSR count). The van der Waals surface area contributed by atoms with E-state index in [9.17, 15) is 9.18 Å². The molecule has 42 heavy (non-hydrogen) atoms. The number of hydrogen-bond acceptors (Lipinski definition) is 6. The third kappa shape index (κ3) is 5.62. The molecule has 5 N–H and O–H groups in total. The van der Waals surface area contributed by atoms with Crippen LogP contribution in [0.4, 0.5) is 4.39 Å². The molecule has 1 saturated carbocycles. The highest BCUT2D eigenvalue weighted by atomic mass is 32.1. The van der Waals surface area contributed by atoms with Gasteiger partial charge in [0, 0.05) is 39.9 Å². The lowest BCUT2D eigenvalue weighted by Crippen LogP contribution is -2.33. The molecule has 4 aromatic heterocycles. The van der Waals surface area contributed by atoms with Crippen molar-refractivity contribution in [2.45, 2.75) is 46.0 Å². The van der Waals surface area contributed by atoms with Gasteiger partial charge in [0.1, 0.15) is 5.52 Å². The number of fused-ring (bicyclic) bond motifs is 2. The van der Waals surface area contributed by atoms with E-state index in [0.29, 0.717) is 41.3 Å². The summed E-state index contributed by atoms with van der Waals surface area (Å²) in [6, 6.07) is 7.07. The fourth-order valence-electron chi connectivity index (χ4n) is 5.05. The molecule has 4 aromatic rings. The Kier molecular flexibility index (Phi) is 7.47. The zero-order chi connectivity index (χ0) is 29.4. The predicted molar refractivity (Wildman–Crippen MR) is 165 cm³/mol. The molecule has 0 unspecified atom stereocenters. The van der Waals surface area contributed by atoms with Crippen LogP contribution in [0.2, 0.25) is 0 Å². The van der Waals surface area contributed by atoms with Crippen molar-refractivity contribution in [3.8, 4) is 11.5 Å². The Hall–Kier alpha value is -4.57. The number of rotatable bonds is 8. The number of nitrogens with zero attached hydrogens (tertiary/aromatic N) is 3. The molecule has 0 atom stereocenters. The SMILES string of the molecule is C=C(C)C/C=C(\C=C(/C)NC(=O)C1CCC1)c1ccc2[nH]nc(-c3nc4c([nH]3)CC(N)=CC=C4c3ccc(F)s3)c2n1. The lowest BCUT2D eigenvalue weighted by Gasteiger charge is -2.24. The Bertz CT molecular complexity index is 1830. The van der Waals surface area contributed by atoms with Crippen molar-refractivity contribution in [2.75, 3.05) is 0 Å². The summed E-state index contributed by atoms with van der Waals surface area (Å²) in [5.74, 6) is 0.713. The molecule has 0 aromatic carbocycles. The van der Waals surface area contributed by atoms with Gasteiger partial charge in [-0.2, -0.15) is 9.49 Å². The van der Waals surface area contributed by atoms with Gasteiger partial charge in [0.25, 0.3) is 0 Å². The molecular formula is C32H32FN7OS. The minimum absolute atomic E-state index is 0.0709. The molecule has 0 bridgehead atoms. The van der Waals surface area contributed by atoms with Crippen molar-refractivity contribution in [1.29, 1.82) is 0 Å². The number of amides is 1. The fraction of sp³-hybridized carbons (Fsp3) is 0.250. The third-order valence-electron chi connectivity index (χ3n) is 7.48. The van der Waals surface area contributed by atoms with E-state index in [1.165, 1.54) is 6.07 Å². The monoisotopic (exact) mass is 581 g/mol. The number of imidazole rings is 1. The van der Waals surface area contributed by atoms with Crippen LogP contribution in [0.5, 0.6) is 0 Å². The summed E-state index contributed by atoms with van der Waals surface area (Å²) >= 11 is 1.07. The first-order valence-corrected chi connectivity index (χ1v) is 14.8. The van der Waals surface area contributed by atoms with Gasteiger partial charge in [-0.15, -0.1) is 11.3 Å². The molecule has 0 aliphatic heterocycles. The Morgan fingerprint density at radius 2 is 2.02 bits per heavy atom. The number of aromatic nitrogens is 5. The van der Waals surface area contributed by atoms with E-state index in [1.54, 1.807) is 6.07 Å². The molecule has 0 saturated heterocycles. The van der Waals surface area contributed by atoms with E-state index < -0.39 is 0 Å². The van der Waals surface area contributed by atoms with Gasteiger partial charge in [0.05, 0.1) is 16.9 Å². The van der Waals surface area contributed by atoms with E-state index in [1.807, 2.05) is 44.2 Å². The second-order valence-electron chi connectivity index (χ2n) is 10.9. The van der Waals surface area contributed by atoms with E-state index in [0.717, 1.165) is 74.8 Å². The number of nitrogens with one attached hydrogen (secondary N) is 3. The smallest absolute Gasteiger partial charge is 0.227 e. The highest BCUT2D eigenvalue weighted by molar-refractivity contribution is 7.11. The summed E-state index contributed by atoms with van der Waals surface area (Å²) in [5.41, 5.74) is 14.6. The van der Waals surface area contributed by atoms with Gasteiger partial charge in [-0.3, -0.25) is 9.89 Å².